The van der Waals surface area contributed by atoms with Gasteiger partial charge in [-0.1, -0.05) is 78.3 Å². The Hall–Kier alpha value is -3.64. The number of amides is 4. The maximum Gasteiger partial charge on any atom is 0.326 e. The molecule has 0 saturated carbocycles. The van der Waals surface area contributed by atoms with Crippen LogP contribution in [0.25, 0.3) is 0 Å². The number of benzene rings is 3. The molecule has 7 heteroatoms. The highest BCUT2D eigenvalue weighted by atomic mass is 35.5. The molecule has 1 saturated heterocycles. The molecule has 1 aliphatic heterocycles. The summed E-state index contributed by atoms with van der Waals surface area (Å²) in [6.45, 7) is 1.44. The molecule has 0 atom stereocenters. The maximum absolute atomic E-state index is 13.6. The molecule has 0 spiro atoms. The topological polar surface area (TPSA) is 78.5 Å². The van der Waals surface area contributed by atoms with Gasteiger partial charge in [-0.15, -0.1) is 0 Å². The van der Waals surface area contributed by atoms with Gasteiger partial charge in [0.15, 0.2) is 5.54 Å². The Balaban J connectivity index is 1.63. The number of imide groups is 1. The second-order valence-electron chi connectivity index (χ2n) is 7.32. The van der Waals surface area contributed by atoms with E-state index in [4.69, 9.17) is 11.6 Å². The Morgan fingerprint density at radius 2 is 1.55 bits per heavy atom. The lowest BCUT2D eigenvalue weighted by molar-refractivity contribution is -0.133. The van der Waals surface area contributed by atoms with Gasteiger partial charge in [0.05, 0.1) is 0 Å². The normalized spacial score (nSPS) is 15.0. The standard InChI is InChI=1S/C24H20ClN3O3/c1-16-12-13-19(14-20(16)25)26-21(29)15-28-22(30)24(27-23(28)31,17-8-4-2-5-9-17)18-10-6-3-7-11-18/h2-14H,15H2,1H3,(H,26,29)(H,27,31). The molecular weight excluding hydrogens is 414 g/mol. The molecule has 0 aliphatic carbocycles. The number of carbonyl (C=O) groups excluding carboxylic acids is 3. The van der Waals surface area contributed by atoms with Crippen molar-refractivity contribution in [3.8, 4) is 0 Å². The maximum atomic E-state index is 13.6. The molecule has 156 valence electrons. The first-order chi connectivity index (χ1) is 14.9. The molecule has 0 unspecified atom stereocenters. The van der Waals surface area contributed by atoms with Crippen LogP contribution < -0.4 is 10.6 Å². The predicted molar refractivity (Wildman–Crippen MR) is 119 cm³/mol. The van der Waals surface area contributed by atoms with E-state index < -0.39 is 29.9 Å². The van der Waals surface area contributed by atoms with Crippen LogP contribution in [0.1, 0.15) is 16.7 Å². The van der Waals surface area contributed by atoms with E-state index in [1.54, 1.807) is 66.7 Å². The first kappa shape index (κ1) is 20.6. The summed E-state index contributed by atoms with van der Waals surface area (Å²) in [4.78, 5) is 39.9. The van der Waals surface area contributed by atoms with Gasteiger partial charge in [0.2, 0.25) is 5.91 Å². The molecule has 1 heterocycles. The van der Waals surface area contributed by atoms with Crippen LogP contribution in [0, 0.1) is 6.92 Å². The Labute approximate surface area is 184 Å². The summed E-state index contributed by atoms with van der Waals surface area (Å²) in [5, 5.41) is 6.02. The smallest absolute Gasteiger partial charge is 0.324 e. The van der Waals surface area contributed by atoms with Crippen LogP contribution in [0.15, 0.2) is 78.9 Å². The minimum absolute atomic E-state index is 0.419. The van der Waals surface area contributed by atoms with Gasteiger partial charge in [-0.05, 0) is 35.7 Å². The number of hydrogen-bond acceptors (Lipinski definition) is 3. The second kappa shape index (κ2) is 8.24. The molecule has 3 aromatic rings. The first-order valence-corrected chi connectivity index (χ1v) is 10.1. The number of nitrogens with zero attached hydrogens (tertiary/aromatic N) is 1. The van der Waals surface area contributed by atoms with Gasteiger partial charge in [0, 0.05) is 10.7 Å². The zero-order chi connectivity index (χ0) is 22.0. The summed E-state index contributed by atoms with van der Waals surface area (Å²) in [5.74, 6) is -1.01. The largest absolute Gasteiger partial charge is 0.326 e. The van der Waals surface area contributed by atoms with Crippen LogP contribution in [0.4, 0.5) is 10.5 Å². The van der Waals surface area contributed by atoms with E-state index in [0.29, 0.717) is 21.8 Å². The zero-order valence-electron chi connectivity index (χ0n) is 16.8. The fourth-order valence-corrected chi connectivity index (χ4v) is 3.85. The average molecular weight is 434 g/mol. The number of carbonyl (C=O) groups is 3. The van der Waals surface area contributed by atoms with Gasteiger partial charge >= 0.3 is 6.03 Å². The number of halogens is 1. The second-order valence-corrected chi connectivity index (χ2v) is 7.72. The van der Waals surface area contributed by atoms with Crippen LogP contribution >= 0.6 is 11.6 Å². The van der Waals surface area contributed by atoms with E-state index in [0.717, 1.165) is 10.5 Å². The highest BCUT2D eigenvalue weighted by Crippen LogP contribution is 2.35. The van der Waals surface area contributed by atoms with E-state index in [1.807, 2.05) is 19.1 Å². The number of anilines is 1. The Kier molecular flexibility index (Phi) is 5.48. The van der Waals surface area contributed by atoms with E-state index in [9.17, 15) is 14.4 Å². The lowest BCUT2D eigenvalue weighted by Crippen LogP contribution is -2.45. The minimum Gasteiger partial charge on any atom is -0.324 e. The van der Waals surface area contributed by atoms with Crippen LogP contribution in [0.2, 0.25) is 5.02 Å². The quantitative estimate of drug-likeness (QED) is 0.595. The van der Waals surface area contributed by atoms with Crippen LogP contribution in [0.5, 0.6) is 0 Å². The fourth-order valence-electron chi connectivity index (χ4n) is 3.67. The van der Waals surface area contributed by atoms with Crippen molar-refractivity contribution in [3.63, 3.8) is 0 Å². The van der Waals surface area contributed by atoms with Gasteiger partial charge in [0.1, 0.15) is 6.54 Å². The Morgan fingerprint density at radius 1 is 0.968 bits per heavy atom. The predicted octanol–water partition coefficient (Wildman–Crippen LogP) is 4.08. The molecule has 0 bridgehead atoms. The SMILES string of the molecule is Cc1ccc(NC(=O)CN2C(=O)NC(c3ccccc3)(c3ccccc3)C2=O)cc1Cl. The summed E-state index contributed by atoms with van der Waals surface area (Å²) in [7, 11) is 0. The minimum atomic E-state index is -1.40. The van der Waals surface area contributed by atoms with Gasteiger partial charge in [-0.25, -0.2) is 4.79 Å². The Bertz CT molecular complexity index is 1110. The molecule has 1 aliphatic rings. The van der Waals surface area contributed by atoms with Crippen molar-refractivity contribution in [3.05, 3.63) is 101 Å². The lowest BCUT2D eigenvalue weighted by atomic mass is 9.82. The summed E-state index contributed by atoms with van der Waals surface area (Å²) in [6.07, 6.45) is 0. The van der Waals surface area contributed by atoms with Gasteiger partial charge < -0.3 is 10.6 Å². The molecule has 31 heavy (non-hydrogen) atoms. The molecule has 4 amide bonds. The summed E-state index contributed by atoms with van der Waals surface area (Å²) < 4.78 is 0. The van der Waals surface area contributed by atoms with Crippen molar-refractivity contribution in [1.29, 1.82) is 0 Å². The van der Waals surface area contributed by atoms with Crippen molar-refractivity contribution in [2.45, 2.75) is 12.5 Å². The molecule has 4 rings (SSSR count). The van der Waals surface area contributed by atoms with E-state index >= 15 is 0 Å². The third-order valence-corrected chi connectivity index (χ3v) is 5.68. The van der Waals surface area contributed by atoms with E-state index in [2.05, 4.69) is 10.6 Å². The van der Waals surface area contributed by atoms with Crippen molar-refractivity contribution >= 4 is 35.1 Å². The molecule has 0 aromatic heterocycles. The summed E-state index contributed by atoms with van der Waals surface area (Å²) >= 11 is 6.11. The zero-order valence-corrected chi connectivity index (χ0v) is 17.5. The number of nitrogens with one attached hydrogen (secondary N) is 2. The molecule has 2 N–H and O–H groups in total. The van der Waals surface area contributed by atoms with Crippen molar-refractivity contribution in [2.24, 2.45) is 0 Å². The van der Waals surface area contributed by atoms with Crippen molar-refractivity contribution < 1.29 is 14.4 Å². The van der Waals surface area contributed by atoms with Gasteiger partial charge in [-0.3, -0.25) is 14.5 Å². The molecule has 0 radical (unpaired) electrons. The van der Waals surface area contributed by atoms with Gasteiger partial charge in [-0.2, -0.15) is 0 Å². The lowest BCUT2D eigenvalue weighted by Gasteiger charge is -2.28. The summed E-state index contributed by atoms with van der Waals surface area (Å²) in [5.41, 5.74) is 1.21. The molecule has 6 nitrogen and oxygen atoms in total. The molecule has 3 aromatic carbocycles. The average Bonchev–Trinajstić information content (AvgIpc) is 3.03. The van der Waals surface area contributed by atoms with E-state index in [1.165, 1.54) is 0 Å². The monoisotopic (exact) mass is 433 g/mol. The molecule has 1 fully saturated rings. The Morgan fingerprint density at radius 3 is 2.10 bits per heavy atom. The fraction of sp³-hybridized carbons (Fsp3) is 0.125. The number of aryl methyl sites for hydroxylation is 1. The van der Waals surface area contributed by atoms with Crippen LogP contribution in [-0.2, 0) is 15.1 Å². The highest BCUT2D eigenvalue weighted by molar-refractivity contribution is 6.31. The van der Waals surface area contributed by atoms with Gasteiger partial charge in [0.25, 0.3) is 5.91 Å². The third-order valence-electron chi connectivity index (χ3n) is 5.28. The van der Waals surface area contributed by atoms with Crippen molar-refractivity contribution in [2.75, 3.05) is 11.9 Å². The number of rotatable bonds is 5. The van der Waals surface area contributed by atoms with Crippen LogP contribution in [-0.4, -0.2) is 29.3 Å². The molecular formula is C24H20ClN3O3. The van der Waals surface area contributed by atoms with Crippen molar-refractivity contribution in [1.82, 2.24) is 10.2 Å². The summed E-state index contributed by atoms with van der Waals surface area (Å²) in [6, 6.07) is 22.5. The third kappa shape index (κ3) is 3.78. The number of hydrogen-bond donors (Lipinski definition) is 2. The van der Waals surface area contributed by atoms with Crippen LogP contribution in [0.3, 0.4) is 0 Å². The van der Waals surface area contributed by atoms with E-state index in [-0.39, 0.29) is 0 Å². The highest BCUT2D eigenvalue weighted by Gasteiger charge is 2.54. The number of urea groups is 1. The first-order valence-electron chi connectivity index (χ1n) is 9.73.